The number of anilines is 2. The van der Waals surface area contributed by atoms with Crippen LogP contribution >= 0.6 is 0 Å². The molecule has 0 fully saturated rings. The third kappa shape index (κ3) is 3.39. The number of amides is 1. The molecule has 1 rings (SSSR count). The van der Waals surface area contributed by atoms with E-state index in [1.165, 1.54) is 0 Å². The number of carbonyl (C=O) groups excluding carboxylic acids is 1. The molecule has 0 saturated carbocycles. The Labute approximate surface area is 107 Å². The molecule has 1 aromatic rings. The summed E-state index contributed by atoms with van der Waals surface area (Å²) in [4.78, 5) is 11.2. The van der Waals surface area contributed by atoms with Gasteiger partial charge in [-0.1, -0.05) is 0 Å². The highest BCUT2D eigenvalue weighted by Gasteiger charge is 2.24. The maximum absolute atomic E-state index is 11.2. The fourth-order valence-corrected chi connectivity index (χ4v) is 1.36. The minimum Gasteiger partial charge on any atom is -0.398 e. The fourth-order valence-electron chi connectivity index (χ4n) is 1.36. The van der Waals surface area contributed by atoms with Crippen molar-refractivity contribution in [1.29, 1.82) is 5.26 Å². The molecule has 0 radical (unpaired) electrons. The number of hydrogen-bond donors (Lipinski definition) is 3. The number of primary amides is 1. The monoisotopic (exact) mass is 246 g/mol. The number of nitriles is 1. The van der Waals surface area contributed by atoms with Gasteiger partial charge in [-0.05, 0) is 37.6 Å². The lowest BCUT2D eigenvalue weighted by atomic mass is 9.92. The lowest BCUT2D eigenvalue weighted by molar-refractivity contribution is -0.125. The summed E-state index contributed by atoms with van der Waals surface area (Å²) in [5.41, 5.74) is 12.6. The highest BCUT2D eigenvalue weighted by atomic mass is 16.1. The minimum atomic E-state index is -0.628. The van der Waals surface area contributed by atoms with Crippen molar-refractivity contribution in [1.82, 2.24) is 0 Å². The van der Waals surface area contributed by atoms with Crippen molar-refractivity contribution in [3.05, 3.63) is 23.8 Å². The molecule has 0 saturated heterocycles. The van der Waals surface area contributed by atoms with E-state index in [0.29, 0.717) is 12.2 Å². The van der Waals surface area contributed by atoms with Crippen LogP contribution in [0.4, 0.5) is 11.4 Å². The number of benzene rings is 1. The van der Waals surface area contributed by atoms with Crippen LogP contribution in [0.1, 0.15) is 19.4 Å². The summed E-state index contributed by atoms with van der Waals surface area (Å²) >= 11 is 0. The second-order valence-electron chi connectivity index (χ2n) is 4.85. The Morgan fingerprint density at radius 1 is 1.50 bits per heavy atom. The topological polar surface area (TPSA) is 105 Å². The number of nitrogens with two attached hydrogens (primary N) is 2. The number of nitrogens with zero attached hydrogens (tertiary/aromatic N) is 1. The van der Waals surface area contributed by atoms with E-state index in [2.05, 4.69) is 11.4 Å². The standard InChI is InChI=1S/C13H18N4O/c1-13(2,12(16)18)8-17-10-3-4-11(15)9(7-10)5-6-14/h3-4,7,17H,5,8,15H2,1-2H3,(H2,16,18). The van der Waals surface area contributed by atoms with Crippen LogP contribution in [0.5, 0.6) is 0 Å². The Morgan fingerprint density at radius 3 is 2.72 bits per heavy atom. The molecule has 0 atom stereocenters. The summed E-state index contributed by atoms with van der Waals surface area (Å²) in [6.07, 6.45) is 0.264. The molecule has 0 bridgehead atoms. The molecule has 0 unspecified atom stereocenters. The van der Waals surface area contributed by atoms with E-state index in [9.17, 15) is 4.79 Å². The predicted octanol–water partition coefficient (Wildman–Crippen LogP) is 1.26. The Hall–Kier alpha value is -2.22. The first-order chi connectivity index (χ1) is 8.36. The summed E-state index contributed by atoms with van der Waals surface area (Å²) in [6.45, 7) is 3.98. The van der Waals surface area contributed by atoms with Gasteiger partial charge < -0.3 is 16.8 Å². The van der Waals surface area contributed by atoms with E-state index in [-0.39, 0.29) is 12.3 Å². The number of carbonyl (C=O) groups is 1. The van der Waals surface area contributed by atoms with Gasteiger partial charge in [-0.3, -0.25) is 4.79 Å². The maximum Gasteiger partial charge on any atom is 0.224 e. The van der Waals surface area contributed by atoms with Crippen LogP contribution in [0.2, 0.25) is 0 Å². The highest BCUT2D eigenvalue weighted by Crippen LogP contribution is 2.20. The van der Waals surface area contributed by atoms with Crippen molar-refractivity contribution in [3.8, 4) is 6.07 Å². The molecule has 0 spiro atoms. The second-order valence-corrected chi connectivity index (χ2v) is 4.85. The third-order valence-electron chi connectivity index (χ3n) is 2.81. The zero-order valence-electron chi connectivity index (χ0n) is 10.7. The van der Waals surface area contributed by atoms with Crippen LogP contribution in [0.15, 0.2) is 18.2 Å². The van der Waals surface area contributed by atoms with Gasteiger partial charge in [-0.15, -0.1) is 0 Å². The lowest BCUT2D eigenvalue weighted by Gasteiger charge is -2.21. The predicted molar refractivity (Wildman–Crippen MR) is 71.6 cm³/mol. The molecule has 0 aliphatic rings. The summed E-state index contributed by atoms with van der Waals surface area (Å²) in [6, 6.07) is 7.43. The molecule has 1 aromatic carbocycles. The Balaban J connectivity index is 2.78. The van der Waals surface area contributed by atoms with Gasteiger partial charge >= 0.3 is 0 Å². The van der Waals surface area contributed by atoms with Crippen LogP contribution < -0.4 is 16.8 Å². The molecule has 0 heterocycles. The molecule has 96 valence electrons. The van der Waals surface area contributed by atoms with E-state index < -0.39 is 5.41 Å². The Bertz CT molecular complexity index is 488. The lowest BCUT2D eigenvalue weighted by Crippen LogP contribution is -2.37. The van der Waals surface area contributed by atoms with Crippen molar-refractivity contribution in [2.24, 2.45) is 11.1 Å². The third-order valence-corrected chi connectivity index (χ3v) is 2.81. The van der Waals surface area contributed by atoms with E-state index >= 15 is 0 Å². The summed E-state index contributed by atoms with van der Waals surface area (Å²) in [5.74, 6) is -0.359. The number of rotatable bonds is 5. The molecule has 1 amide bonds. The van der Waals surface area contributed by atoms with Gasteiger partial charge in [-0.2, -0.15) is 5.26 Å². The normalized spacial score (nSPS) is 10.7. The van der Waals surface area contributed by atoms with Crippen LogP contribution in [-0.2, 0) is 11.2 Å². The average molecular weight is 246 g/mol. The van der Waals surface area contributed by atoms with Crippen molar-refractivity contribution in [3.63, 3.8) is 0 Å². The highest BCUT2D eigenvalue weighted by molar-refractivity contribution is 5.80. The van der Waals surface area contributed by atoms with Crippen LogP contribution in [0, 0.1) is 16.7 Å². The van der Waals surface area contributed by atoms with E-state index in [4.69, 9.17) is 16.7 Å². The number of nitrogens with one attached hydrogen (secondary N) is 1. The van der Waals surface area contributed by atoms with Gasteiger partial charge in [0.2, 0.25) is 5.91 Å². The SMILES string of the molecule is CC(C)(CNc1ccc(N)c(CC#N)c1)C(N)=O. The first kappa shape index (κ1) is 13.8. The zero-order valence-corrected chi connectivity index (χ0v) is 10.7. The van der Waals surface area contributed by atoms with E-state index in [1.807, 2.05) is 12.1 Å². The molecule has 5 nitrogen and oxygen atoms in total. The molecule has 18 heavy (non-hydrogen) atoms. The smallest absolute Gasteiger partial charge is 0.224 e. The maximum atomic E-state index is 11.2. The molecule has 0 aromatic heterocycles. The number of hydrogen-bond acceptors (Lipinski definition) is 4. The second kappa shape index (κ2) is 5.41. The van der Waals surface area contributed by atoms with E-state index in [0.717, 1.165) is 11.3 Å². The molecule has 0 aliphatic heterocycles. The van der Waals surface area contributed by atoms with Crippen molar-refractivity contribution < 1.29 is 4.79 Å². The number of nitrogen functional groups attached to an aromatic ring is 1. The van der Waals surface area contributed by atoms with Gasteiger partial charge in [0.15, 0.2) is 0 Å². The Kier molecular flexibility index (Phi) is 4.16. The van der Waals surface area contributed by atoms with Gasteiger partial charge in [0.05, 0.1) is 17.9 Å². The minimum absolute atomic E-state index is 0.264. The largest absolute Gasteiger partial charge is 0.398 e. The average Bonchev–Trinajstić information content (AvgIpc) is 2.30. The zero-order chi connectivity index (χ0) is 13.8. The van der Waals surface area contributed by atoms with Crippen LogP contribution in [-0.4, -0.2) is 12.5 Å². The first-order valence-corrected chi connectivity index (χ1v) is 5.66. The van der Waals surface area contributed by atoms with Crippen molar-refractivity contribution in [2.75, 3.05) is 17.6 Å². The van der Waals surface area contributed by atoms with Crippen molar-refractivity contribution >= 4 is 17.3 Å². The van der Waals surface area contributed by atoms with Crippen LogP contribution in [0.25, 0.3) is 0 Å². The first-order valence-electron chi connectivity index (χ1n) is 5.66. The van der Waals surface area contributed by atoms with Crippen molar-refractivity contribution in [2.45, 2.75) is 20.3 Å². The summed E-state index contributed by atoms with van der Waals surface area (Å²) in [5, 5.41) is 11.8. The van der Waals surface area contributed by atoms with Crippen LogP contribution in [0.3, 0.4) is 0 Å². The fraction of sp³-hybridized carbons (Fsp3) is 0.385. The molecule has 5 heteroatoms. The molecule has 5 N–H and O–H groups in total. The Morgan fingerprint density at radius 2 is 2.17 bits per heavy atom. The molecular weight excluding hydrogens is 228 g/mol. The van der Waals surface area contributed by atoms with E-state index in [1.54, 1.807) is 19.9 Å². The summed E-state index contributed by atoms with van der Waals surface area (Å²) < 4.78 is 0. The summed E-state index contributed by atoms with van der Waals surface area (Å²) in [7, 11) is 0. The van der Waals surface area contributed by atoms with Gasteiger partial charge in [0.1, 0.15) is 0 Å². The molecular formula is C13H18N4O. The quantitative estimate of drug-likeness (QED) is 0.680. The van der Waals surface area contributed by atoms with Gasteiger partial charge in [-0.25, -0.2) is 0 Å². The molecule has 0 aliphatic carbocycles. The van der Waals surface area contributed by atoms with Gasteiger partial charge in [0, 0.05) is 17.9 Å². The van der Waals surface area contributed by atoms with Gasteiger partial charge in [0.25, 0.3) is 0 Å².